The molecule has 1 atom stereocenters. The summed E-state index contributed by atoms with van der Waals surface area (Å²) in [5.74, 6) is 1.05. The molecular formula is C13H19NO2. The van der Waals surface area contributed by atoms with E-state index in [1.165, 1.54) is 11.1 Å². The Balaban J connectivity index is 1.90. The monoisotopic (exact) mass is 221 g/mol. The number of hydrogen-bond donors (Lipinski definition) is 1. The minimum absolute atomic E-state index is 0.384. The molecule has 3 heteroatoms. The molecule has 0 aliphatic carbocycles. The van der Waals surface area contributed by atoms with E-state index in [1.807, 2.05) is 0 Å². The molecule has 3 nitrogen and oxygen atoms in total. The molecule has 0 bridgehead atoms. The lowest BCUT2D eigenvalue weighted by Gasteiger charge is -2.13. The maximum Gasteiger partial charge on any atom is 0.122 e. The Hall–Kier alpha value is -1.06. The van der Waals surface area contributed by atoms with Crippen molar-refractivity contribution in [2.75, 3.05) is 20.3 Å². The van der Waals surface area contributed by atoms with E-state index in [9.17, 15) is 0 Å². The van der Waals surface area contributed by atoms with Crippen LogP contribution in [0.15, 0.2) is 18.2 Å². The molecule has 0 spiro atoms. The number of rotatable bonds is 5. The van der Waals surface area contributed by atoms with Gasteiger partial charge in [-0.05, 0) is 24.1 Å². The molecule has 0 amide bonds. The lowest BCUT2D eigenvalue weighted by atomic mass is 10.1. The Morgan fingerprint density at radius 3 is 3.19 bits per heavy atom. The largest absolute Gasteiger partial charge is 0.493 e. The average Bonchev–Trinajstić information content (AvgIpc) is 2.74. The van der Waals surface area contributed by atoms with Gasteiger partial charge in [0.05, 0.1) is 13.2 Å². The number of methoxy groups -OCH3 is 1. The second-order valence-corrected chi connectivity index (χ2v) is 4.28. The minimum atomic E-state index is 0.384. The molecule has 1 unspecified atom stereocenters. The Morgan fingerprint density at radius 1 is 1.50 bits per heavy atom. The van der Waals surface area contributed by atoms with E-state index in [1.54, 1.807) is 7.11 Å². The molecule has 0 fully saturated rings. The first kappa shape index (κ1) is 11.4. The third kappa shape index (κ3) is 2.74. The van der Waals surface area contributed by atoms with Gasteiger partial charge >= 0.3 is 0 Å². The zero-order valence-corrected chi connectivity index (χ0v) is 9.95. The van der Waals surface area contributed by atoms with Gasteiger partial charge in [0.1, 0.15) is 5.75 Å². The second-order valence-electron chi connectivity index (χ2n) is 4.28. The average molecular weight is 221 g/mol. The van der Waals surface area contributed by atoms with Gasteiger partial charge in [0.2, 0.25) is 0 Å². The lowest BCUT2D eigenvalue weighted by molar-refractivity contribution is 0.171. The van der Waals surface area contributed by atoms with Crippen LogP contribution in [-0.2, 0) is 17.7 Å². The first-order valence-corrected chi connectivity index (χ1v) is 5.76. The Labute approximate surface area is 96.8 Å². The van der Waals surface area contributed by atoms with Crippen LogP contribution < -0.4 is 10.1 Å². The number of hydrogen-bond acceptors (Lipinski definition) is 3. The molecule has 0 saturated heterocycles. The van der Waals surface area contributed by atoms with Crippen molar-refractivity contribution in [3.8, 4) is 5.75 Å². The molecule has 88 valence electrons. The third-order valence-electron chi connectivity index (χ3n) is 2.83. The fraction of sp³-hybridized carbons (Fsp3) is 0.538. The Bertz CT molecular complexity index is 352. The van der Waals surface area contributed by atoms with Gasteiger partial charge in [-0.2, -0.15) is 0 Å². The van der Waals surface area contributed by atoms with Crippen molar-refractivity contribution in [2.45, 2.75) is 25.9 Å². The quantitative estimate of drug-likeness (QED) is 0.821. The van der Waals surface area contributed by atoms with Crippen LogP contribution >= 0.6 is 0 Å². The van der Waals surface area contributed by atoms with Crippen molar-refractivity contribution in [3.63, 3.8) is 0 Å². The van der Waals surface area contributed by atoms with Crippen molar-refractivity contribution >= 4 is 0 Å². The molecule has 2 rings (SSSR count). The van der Waals surface area contributed by atoms with E-state index < -0.39 is 0 Å². The van der Waals surface area contributed by atoms with Crippen molar-refractivity contribution < 1.29 is 9.47 Å². The van der Waals surface area contributed by atoms with Crippen molar-refractivity contribution in [1.29, 1.82) is 0 Å². The maximum absolute atomic E-state index is 5.48. The lowest BCUT2D eigenvalue weighted by Crippen LogP contribution is -2.29. The highest BCUT2D eigenvalue weighted by Gasteiger charge is 2.11. The minimum Gasteiger partial charge on any atom is -0.493 e. The predicted octanol–water partition coefficient (Wildman–Crippen LogP) is 1.75. The summed E-state index contributed by atoms with van der Waals surface area (Å²) in [6, 6.07) is 6.81. The van der Waals surface area contributed by atoms with Gasteiger partial charge in [0.15, 0.2) is 0 Å². The van der Waals surface area contributed by atoms with Gasteiger partial charge in [-0.3, -0.25) is 0 Å². The first-order valence-electron chi connectivity index (χ1n) is 5.76. The molecule has 1 aromatic rings. The van der Waals surface area contributed by atoms with Crippen LogP contribution in [0, 0.1) is 0 Å². The van der Waals surface area contributed by atoms with Crippen molar-refractivity contribution in [1.82, 2.24) is 5.32 Å². The van der Waals surface area contributed by atoms with Crippen LogP contribution in [0.2, 0.25) is 0 Å². The van der Waals surface area contributed by atoms with Crippen LogP contribution in [-0.4, -0.2) is 26.4 Å². The van der Waals surface area contributed by atoms with Crippen LogP contribution in [0.1, 0.15) is 18.1 Å². The smallest absolute Gasteiger partial charge is 0.122 e. The van der Waals surface area contributed by atoms with Gasteiger partial charge in [-0.15, -0.1) is 0 Å². The molecule has 0 aromatic heterocycles. The van der Waals surface area contributed by atoms with Gasteiger partial charge in [0.25, 0.3) is 0 Å². The van der Waals surface area contributed by atoms with Gasteiger partial charge < -0.3 is 14.8 Å². The summed E-state index contributed by atoms with van der Waals surface area (Å²) < 4.78 is 10.6. The van der Waals surface area contributed by atoms with Gasteiger partial charge in [-0.25, -0.2) is 0 Å². The zero-order chi connectivity index (χ0) is 11.4. The number of ether oxygens (including phenoxy) is 2. The summed E-state index contributed by atoms with van der Waals surface area (Å²) in [5, 5.41) is 3.43. The van der Waals surface area contributed by atoms with E-state index in [0.29, 0.717) is 6.04 Å². The molecule has 0 radical (unpaired) electrons. The highest BCUT2D eigenvalue weighted by Crippen LogP contribution is 2.25. The molecule has 1 aromatic carbocycles. The zero-order valence-electron chi connectivity index (χ0n) is 9.95. The fourth-order valence-corrected chi connectivity index (χ4v) is 1.95. The maximum atomic E-state index is 5.48. The van der Waals surface area contributed by atoms with Crippen LogP contribution in [0.4, 0.5) is 0 Å². The summed E-state index contributed by atoms with van der Waals surface area (Å²) >= 11 is 0. The molecule has 16 heavy (non-hydrogen) atoms. The van der Waals surface area contributed by atoms with Crippen LogP contribution in [0.25, 0.3) is 0 Å². The molecule has 1 N–H and O–H groups in total. The summed E-state index contributed by atoms with van der Waals surface area (Å²) in [4.78, 5) is 0. The highest BCUT2D eigenvalue weighted by atomic mass is 16.5. The molecule has 1 aliphatic rings. The first-order chi connectivity index (χ1) is 7.79. The molecule has 1 aliphatic heterocycles. The van der Waals surface area contributed by atoms with E-state index in [2.05, 4.69) is 30.4 Å². The van der Waals surface area contributed by atoms with Crippen molar-refractivity contribution in [3.05, 3.63) is 29.3 Å². The second kappa shape index (κ2) is 5.32. The summed E-state index contributed by atoms with van der Waals surface area (Å²) in [5.41, 5.74) is 2.64. The van der Waals surface area contributed by atoms with Gasteiger partial charge in [-0.1, -0.05) is 12.1 Å². The van der Waals surface area contributed by atoms with Crippen LogP contribution in [0.5, 0.6) is 5.75 Å². The van der Waals surface area contributed by atoms with E-state index >= 15 is 0 Å². The van der Waals surface area contributed by atoms with E-state index in [-0.39, 0.29) is 0 Å². The normalized spacial score (nSPS) is 15.6. The topological polar surface area (TPSA) is 30.5 Å². The molecule has 1 heterocycles. The number of benzene rings is 1. The van der Waals surface area contributed by atoms with E-state index in [0.717, 1.165) is 31.9 Å². The SMILES string of the molecule is COCC(C)NCc1ccc2c(c1)CCO2. The summed E-state index contributed by atoms with van der Waals surface area (Å²) in [7, 11) is 1.73. The number of fused-ring (bicyclic) bond motifs is 1. The third-order valence-corrected chi connectivity index (χ3v) is 2.83. The fourth-order valence-electron chi connectivity index (χ4n) is 1.95. The van der Waals surface area contributed by atoms with E-state index in [4.69, 9.17) is 9.47 Å². The van der Waals surface area contributed by atoms with Crippen molar-refractivity contribution in [2.24, 2.45) is 0 Å². The standard InChI is InChI=1S/C13H19NO2/c1-10(9-15-2)14-8-11-3-4-13-12(7-11)5-6-16-13/h3-4,7,10,14H,5-6,8-9H2,1-2H3. The highest BCUT2D eigenvalue weighted by molar-refractivity contribution is 5.39. The Kier molecular flexibility index (Phi) is 3.80. The van der Waals surface area contributed by atoms with Gasteiger partial charge in [0, 0.05) is 26.1 Å². The van der Waals surface area contributed by atoms with Crippen LogP contribution in [0.3, 0.4) is 0 Å². The molecular weight excluding hydrogens is 202 g/mol. The Morgan fingerprint density at radius 2 is 2.38 bits per heavy atom. The molecule has 0 saturated carbocycles. The number of nitrogens with one attached hydrogen (secondary N) is 1. The predicted molar refractivity (Wildman–Crippen MR) is 63.8 cm³/mol. The summed E-state index contributed by atoms with van der Waals surface area (Å²) in [6.45, 7) is 4.58. The summed E-state index contributed by atoms with van der Waals surface area (Å²) in [6.07, 6.45) is 1.04.